The van der Waals surface area contributed by atoms with Gasteiger partial charge in [0, 0.05) is 23.4 Å². The third-order valence-corrected chi connectivity index (χ3v) is 6.84. The smallest absolute Gasteiger partial charge is 0.242 e. The van der Waals surface area contributed by atoms with Crippen molar-refractivity contribution in [1.29, 1.82) is 0 Å². The van der Waals surface area contributed by atoms with E-state index in [9.17, 15) is 9.59 Å². The van der Waals surface area contributed by atoms with E-state index < -0.39 is 6.04 Å². The quantitative estimate of drug-likeness (QED) is 0.588. The van der Waals surface area contributed by atoms with Crippen LogP contribution in [-0.4, -0.2) is 34.6 Å². The van der Waals surface area contributed by atoms with Gasteiger partial charge in [-0.25, -0.2) is 0 Å². The van der Waals surface area contributed by atoms with Gasteiger partial charge in [-0.2, -0.15) is 0 Å². The molecule has 1 aliphatic rings. The summed E-state index contributed by atoms with van der Waals surface area (Å²) in [6.07, 6.45) is 4.37. The molecule has 1 aliphatic carbocycles. The molecule has 0 aliphatic heterocycles. The molecule has 1 unspecified atom stereocenters. The molecule has 1 fully saturated rings. The molecule has 3 rings (SSSR count). The molecular weight excluding hydrogens is 416 g/mol. The van der Waals surface area contributed by atoms with E-state index in [1.165, 1.54) is 11.8 Å². The number of carbonyl (C=O) groups is 2. The Kier molecular flexibility index (Phi) is 8.64. The van der Waals surface area contributed by atoms with Crippen LogP contribution in [-0.2, 0) is 21.9 Å². The molecule has 2 aromatic carbocycles. The maximum absolute atomic E-state index is 13.1. The van der Waals surface area contributed by atoms with Gasteiger partial charge < -0.3 is 10.2 Å². The zero-order valence-corrected chi connectivity index (χ0v) is 18.9. The summed E-state index contributed by atoms with van der Waals surface area (Å²) in [5.41, 5.74) is 2.03. The molecule has 4 nitrogen and oxygen atoms in total. The summed E-state index contributed by atoms with van der Waals surface area (Å²) in [6, 6.07) is 17.2. The molecule has 0 radical (unpaired) electrons. The molecule has 0 saturated heterocycles. The van der Waals surface area contributed by atoms with Crippen molar-refractivity contribution < 1.29 is 9.59 Å². The zero-order valence-electron chi connectivity index (χ0n) is 17.4. The predicted octanol–water partition coefficient (Wildman–Crippen LogP) is 5.05. The lowest BCUT2D eigenvalue weighted by Crippen LogP contribution is -2.50. The van der Waals surface area contributed by atoms with Crippen molar-refractivity contribution in [3.63, 3.8) is 0 Å². The summed E-state index contributed by atoms with van der Waals surface area (Å²) < 4.78 is 0. The Labute approximate surface area is 188 Å². The van der Waals surface area contributed by atoms with Crippen LogP contribution in [0.1, 0.15) is 43.7 Å². The van der Waals surface area contributed by atoms with Gasteiger partial charge in [0.05, 0.1) is 5.75 Å². The zero-order chi connectivity index (χ0) is 21.3. The van der Waals surface area contributed by atoms with E-state index in [-0.39, 0.29) is 17.9 Å². The fraction of sp³-hybridized carbons (Fsp3) is 0.417. The summed E-state index contributed by atoms with van der Waals surface area (Å²) >= 11 is 7.74. The van der Waals surface area contributed by atoms with Crippen molar-refractivity contribution in [3.05, 3.63) is 70.7 Å². The molecule has 0 bridgehead atoms. The molecule has 1 atom stereocenters. The fourth-order valence-corrected chi connectivity index (χ4v) is 4.90. The van der Waals surface area contributed by atoms with Crippen LogP contribution in [0.2, 0.25) is 5.02 Å². The minimum atomic E-state index is -0.515. The number of hydrogen-bond donors (Lipinski definition) is 1. The molecule has 1 N–H and O–H groups in total. The lowest BCUT2D eigenvalue weighted by atomic mass is 10.1. The number of hydrogen-bond acceptors (Lipinski definition) is 3. The fourth-order valence-electron chi connectivity index (χ4n) is 3.70. The summed E-state index contributed by atoms with van der Waals surface area (Å²) in [5.74, 6) is 0.860. The minimum absolute atomic E-state index is 0.0371. The van der Waals surface area contributed by atoms with E-state index in [4.69, 9.17) is 11.6 Å². The summed E-state index contributed by atoms with van der Waals surface area (Å²) in [5, 5.41) is 3.84. The third-order valence-electron chi connectivity index (χ3n) is 5.51. The topological polar surface area (TPSA) is 49.4 Å². The van der Waals surface area contributed by atoms with E-state index in [2.05, 4.69) is 5.32 Å². The molecule has 2 aromatic rings. The Morgan fingerprint density at radius 3 is 2.47 bits per heavy atom. The molecule has 6 heteroatoms. The molecule has 0 spiro atoms. The second kappa shape index (κ2) is 11.4. The Morgan fingerprint density at radius 1 is 1.10 bits per heavy atom. The number of rotatable bonds is 9. The van der Waals surface area contributed by atoms with E-state index in [0.717, 1.165) is 36.8 Å². The van der Waals surface area contributed by atoms with Gasteiger partial charge in [0.2, 0.25) is 11.8 Å². The third kappa shape index (κ3) is 6.51. The van der Waals surface area contributed by atoms with E-state index in [0.29, 0.717) is 23.1 Å². The highest BCUT2D eigenvalue weighted by atomic mass is 35.5. The van der Waals surface area contributed by atoms with Crippen LogP contribution in [0.5, 0.6) is 0 Å². The number of nitrogens with zero attached hydrogens (tertiary/aromatic N) is 1. The van der Waals surface area contributed by atoms with Crippen molar-refractivity contribution in [2.45, 2.75) is 57.0 Å². The lowest BCUT2D eigenvalue weighted by molar-refractivity contribution is -0.138. The summed E-state index contributed by atoms with van der Waals surface area (Å²) in [6.45, 7) is 2.25. The second-order valence-electron chi connectivity index (χ2n) is 7.76. The summed E-state index contributed by atoms with van der Waals surface area (Å²) in [4.78, 5) is 27.6. The van der Waals surface area contributed by atoms with Crippen molar-refractivity contribution >= 4 is 35.2 Å². The lowest BCUT2D eigenvalue weighted by Gasteiger charge is -2.29. The van der Waals surface area contributed by atoms with Crippen LogP contribution >= 0.6 is 23.4 Å². The monoisotopic (exact) mass is 444 g/mol. The largest absolute Gasteiger partial charge is 0.352 e. The van der Waals surface area contributed by atoms with Gasteiger partial charge in [-0.3, -0.25) is 9.59 Å². The molecule has 160 valence electrons. The average Bonchev–Trinajstić information content (AvgIpc) is 3.26. The molecule has 0 aromatic heterocycles. The van der Waals surface area contributed by atoms with E-state index >= 15 is 0 Å². The first kappa shape index (κ1) is 22.7. The van der Waals surface area contributed by atoms with Gasteiger partial charge in [-0.15, -0.1) is 11.8 Å². The number of carbonyl (C=O) groups excluding carboxylic acids is 2. The first-order valence-electron chi connectivity index (χ1n) is 10.5. The van der Waals surface area contributed by atoms with Gasteiger partial charge in [0.1, 0.15) is 6.04 Å². The van der Waals surface area contributed by atoms with Crippen LogP contribution in [0.4, 0.5) is 0 Å². The van der Waals surface area contributed by atoms with Crippen molar-refractivity contribution in [3.8, 4) is 0 Å². The first-order chi connectivity index (χ1) is 14.5. The summed E-state index contributed by atoms with van der Waals surface area (Å²) in [7, 11) is 0. The van der Waals surface area contributed by atoms with Gasteiger partial charge in [0.15, 0.2) is 0 Å². The SMILES string of the molecule is CC(C(=O)NC1CCCC1)N(Cc1ccccc1)C(=O)CSCc1ccccc1Cl. The maximum atomic E-state index is 13.1. The van der Waals surface area contributed by atoms with Crippen molar-refractivity contribution in [2.75, 3.05) is 5.75 Å². The predicted molar refractivity (Wildman–Crippen MR) is 124 cm³/mol. The number of halogens is 1. The van der Waals surface area contributed by atoms with Gasteiger partial charge in [-0.1, -0.05) is 73.0 Å². The van der Waals surface area contributed by atoms with Gasteiger partial charge in [-0.05, 0) is 37.0 Å². The average molecular weight is 445 g/mol. The van der Waals surface area contributed by atoms with Crippen molar-refractivity contribution in [2.24, 2.45) is 0 Å². The molecule has 0 heterocycles. The molecular formula is C24H29ClN2O2S. The highest BCUT2D eigenvalue weighted by Gasteiger charge is 2.28. The van der Waals surface area contributed by atoms with Crippen LogP contribution < -0.4 is 5.32 Å². The minimum Gasteiger partial charge on any atom is -0.352 e. The number of thioether (sulfide) groups is 1. The number of amides is 2. The highest BCUT2D eigenvalue weighted by Crippen LogP contribution is 2.22. The highest BCUT2D eigenvalue weighted by molar-refractivity contribution is 7.99. The van der Waals surface area contributed by atoms with Crippen LogP contribution in [0.25, 0.3) is 0 Å². The first-order valence-corrected chi connectivity index (χ1v) is 12.0. The molecule has 30 heavy (non-hydrogen) atoms. The number of nitrogens with one attached hydrogen (secondary N) is 1. The Bertz CT molecular complexity index is 840. The standard InChI is InChI=1S/C24H29ClN2O2S/c1-18(24(29)26-21-12-6-7-13-21)27(15-19-9-3-2-4-10-19)23(28)17-30-16-20-11-5-8-14-22(20)25/h2-5,8-11,14,18,21H,6-7,12-13,15-17H2,1H3,(H,26,29). The maximum Gasteiger partial charge on any atom is 0.242 e. The van der Waals surface area contributed by atoms with Crippen LogP contribution in [0, 0.1) is 0 Å². The van der Waals surface area contributed by atoms with Crippen LogP contribution in [0.15, 0.2) is 54.6 Å². The Morgan fingerprint density at radius 2 is 1.77 bits per heavy atom. The van der Waals surface area contributed by atoms with Crippen molar-refractivity contribution in [1.82, 2.24) is 10.2 Å². The second-order valence-corrected chi connectivity index (χ2v) is 9.15. The Hall–Kier alpha value is -1.98. The van der Waals surface area contributed by atoms with E-state index in [1.807, 2.05) is 61.5 Å². The number of benzene rings is 2. The Balaban J connectivity index is 1.63. The van der Waals surface area contributed by atoms with E-state index in [1.54, 1.807) is 4.90 Å². The molecule has 2 amide bonds. The van der Waals surface area contributed by atoms with Gasteiger partial charge >= 0.3 is 0 Å². The normalized spacial score (nSPS) is 15.0. The van der Waals surface area contributed by atoms with Crippen LogP contribution in [0.3, 0.4) is 0 Å². The molecule has 1 saturated carbocycles. The van der Waals surface area contributed by atoms with Gasteiger partial charge in [0.25, 0.3) is 0 Å².